The van der Waals surface area contributed by atoms with Gasteiger partial charge in [-0.2, -0.15) is 0 Å². The largest absolute Gasteiger partial charge is 0.504 e. The van der Waals surface area contributed by atoms with Crippen molar-refractivity contribution in [3.63, 3.8) is 0 Å². The zero-order valence-electron chi connectivity index (χ0n) is 13.8. The molecule has 4 nitrogen and oxygen atoms in total. The van der Waals surface area contributed by atoms with Gasteiger partial charge in [-0.15, -0.1) is 0 Å². The average Bonchev–Trinajstić information content (AvgIpc) is 2.61. The summed E-state index contributed by atoms with van der Waals surface area (Å²) in [5, 5.41) is 19.9. The van der Waals surface area contributed by atoms with Crippen molar-refractivity contribution in [1.29, 1.82) is 0 Å². The summed E-state index contributed by atoms with van der Waals surface area (Å²) in [6.07, 6.45) is 5.75. The fourth-order valence-corrected chi connectivity index (χ4v) is 3.29. The van der Waals surface area contributed by atoms with E-state index in [1.807, 2.05) is 60.5 Å². The fourth-order valence-electron chi connectivity index (χ4n) is 2.35. The number of allylic oxidation sites excluding steroid dienone is 2. The Balaban J connectivity index is 1.99. The average molecular weight is 350 g/mol. The molecule has 5 heteroatoms. The van der Waals surface area contributed by atoms with Gasteiger partial charge in [-0.3, -0.25) is 4.90 Å². The second-order valence-electron chi connectivity index (χ2n) is 5.39. The first kappa shape index (κ1) is 16.9. The molecule has 2 N–H and O–H groups in total. The van der Waals surface area contributed by atoms with Gasteiger partial charge >= 0.3 is 0 Å². The predicted octanol–water partition coefficient (Wildman–Crippen LogP) is 4.95. The molecule has 126 valence electrons. The molecule has 0 aliphatic carbocycles. The van der Waals surface area contributed by atoms with Gasteiger partial charge in [0.25, 0.3) is 0 Å². The number of phenols is 2. The summed E-state index contributed by atoms with van der Waals surface area (Å²) in [7, 11) is 0. The Kier molecular flexibility index (Phi) is 4.95. The molecule has 0 bridgehead atoms. The van der Waals surface area contributed by atoms with Crippen LogP contribution in [0.4, 0.5) is 0 Å². The lowest BCUT2D eigenvalue weighted by Gasteiger charge is -2.26. The van der Waals surface area contributed by atoms with Gasteiger partial charge in [-0.05, 0) is 31.2 Å². The minimum atomic E-state index is -0.156. The molecule has 0 aromatic heterocycles. The summed E-state index contributed by atoms with van der Waals surface area (Å²) in [5.74, 6) is -0.300. The smallest absolute Gasteiger partial charge is 0.177 e. The van der Waals surface area contributed by atoms with Crippen molar-refractivity contribution < 1.29 is 10.2 Å². The minimum Gasteiger partial charge on any atom is -0.504 e. The molecule has 1 aliphatic heterocycles. The van der Waals surface area contributed by atoms with Crippen molar-refractivity contribution in [2.75, 3.05) is 0 Å². The first-order chi connectivity index (χ1) is 12.1. The Morgan fingerprint density at radius 3 is 2.52 bits per heavy atom. The van der Waals surface area contributed by atoms with Crippen molar-refractivity contribution in [2.24, 2.45) is 4.99 Å². The SMILES string of the molecule is C=C1C=C(c2ccccc2)N=C(Sc2ccc(O)c(O)c2)N1/C=C\C. The topological polar surface area (TPSA) is 56.1 Å². The van der Waals surface area contributed by atoms with Crippen LogP contribution >= 0.6 is 11.8 Å². The van der Waals surface area contributed by atoms with E-state index in [4.69, 9.17) is 4.99 Å². The fraction of sp³-hybridized carbons (Fsp3) is 0.0500. The number of benzene rings is 2. The van der Waals surface area contributed by atoms with E-state index >= 15 is 0 Å². The normalized spacial score (nSPS) is 14.6. The molecule has 0 saturated heterocycles. The monoisotopic (exact) mass is 350 g/mol. The lowest BCUT2D eigenvalue weighted by molar-refractivity contribution is 0.402. The van der Waals surface area contributed by atoms with Crippen molar-refractivity contribution >= 4 is 22.6 Å². The minimum absolute atomic E-state index is 0.144. The second kappa shape index (κ2) is 7.32. The van der Waals surface area contributed by atoms with Gasteiger partial charge in [0.15, 0.2) is 16.7 Å². The molecular weight excluding hydrogens is 332 g/mol. The number of hydrogen-bond acceptors (Lipinski definition) is 5. The van der Waals surface area contributed by atoms with Crippen LogP contribution in [0.2, 0.25) is 0 Å². The highest BCUT2D eigenvalue weighted by Gasteiger charge is 2.19. The Hall–Kier alpha value is -2.92. The molecule has 2 aromatic rings. The molecule has 0 radical (unpaired) electrons. The zero-order valence-corrected chi connectivity index (χ0v) is 14.6. The van der Waals surface area contributed by atoms with E-state index in [0.717, 1.165) is 27.0 Å². The molecular formula is C20H18N2O2S. The number of phenolic OH excluding ortho intramolecular Hbond substituents is 2. The standard InChI is InChI=1S/C20H18N2O2S/c1-3-11-22-14(2)12-17(15-7-5-4-6-8-15)21-20(22)25-16-9-10-18(23)19(24)13-16/h3-13,23-24H,2H2,1H3/b11-3-. The molecule has 2 aromatic carbocycles. The maximum absolute atomic E-state index is 9.72. The van der Waals surface area contributed by atoms with Crippen molar-refractivity contribution in [2.45, 2.75) is 11.8 Å². The van der Waals surface area contributed by atoms with Gasteiger partial charge in [0.05, 0.1) is 5.70 Å². The van der Waals surface area contributed by atoms with E-state index in [2.05, 4.69) is 6.58 Å². The third kappa shape index (κ3) is 3.78. The van der Waals surface area contributed by atoms with E-state index in [-0.39, 0.29) is 11.5 Å². The first-order valence-electron chi connectivity index (χ1n) is 7.75. The lowest BCUT2D eigenvalue weighted by atomic mass is 10.1. The third-order valence-electron chi connectivity index (χ3n) is 3.56. The van der Waals surface area contributed by atoms with Gasteiger partial charge in [0.1, 0.15) is 0 Å². The molecule has 1 aliphatic rings. The van der Waals surface area contributed by atoms with Crippen molar-refractivity contribution in [1.82, 2.24) is 4.90 Å². The zero-order chi connectivity index (χ0) is 17.8. The highest BCUT2D eigenvalue weighted by atomic mass is 32.2. The van der Waals surface area contributed by atoms with E-state index in [1.54, 1.807) is 6.07 Å². The van der Waals surface area contributed by atoms with E-state index in [1.165, 1.54) is 23.9 Å². The second-order valence-corrected chi connectivity index (χ2v) is 6.43. The van der Waals surface area contributed by atoms with Crippen LogP contribution in [-0.4, -0.2) is 20.3 Å². The van der Waals surface area contributed by atoms with Crippen molar-refractivity contribution in [3.8, 4) is 11.5 Å². The quantitative estimate of drug-likeness (QED) is 0.769. The van der Waals surface area contributed by atoms with Crippen LogP contribution in [0.5, 0.6) is 11.5 Å². The molecule has 1 heterocycles. The maximum atomic E-state index is 9.72. The number of aliphatic imine (C=N–C) groups is 1. The molecule has 0 spiro atoms. The number of rotatable bonds is 3. The van der Waals surface area contributed by atoms with Crippen LogP contribution in [0.3, 0.4) is 0 Å². The molecule has 0 unspecified atom stereocenters. The summed E-state index contributed by atoms with van der Waals surface area (Å²) >= 11 is 1.39. The summed E-state index contributed by atoms with van der Waals surface area (Å²) < 4.78 is 0. The molecule has 3 rings (SSSR count). The first-order valence-corrected chi connectivity index (χ1v) is 8.56. The van der Waals surface area contributed by atoms with Gasteiger partial charge in [0, 0.05) is 22.4 Å². The maximum Gasteiger partial charge on any atom is 0.177 e. The number of thioether (sulfide) groups is 1. The number of hydrogen-bond donors (Lipinski definition) is 2. The predicted molar refractivity (Wildman–Crippen MR) is 103 cm³/mol. The Morgan fingerprint density at radius 1 is 1.08 bits per heavy atom. The van der Waals surface area contributed by atoms with Crippen LogP contribution in [0.25, 0.3) is 5.70 Å². The summed E-state index contributed by atoms with van der Waals surface area (Å²) in [4.78, 5) is 7.42. The summed E-state index contributed by atoms with van der Waals surface area (Å²) in [6, 6.07) is 14.6. The number of amidine groups is 1. The van der Waals surface area contributed by atoms with Crippen LogP contribution in [0.15, 0.2) is 89.0 Å². The molecule has 25 heavy (non-hydrogen) atoms. The summed E-state index contributed by atoms with van der Waals surface area (Å²) in [6.45, 7) is 6.06. The highest BCUT2D eigenvalue weighted by molar-refractivity contribution is 8.13. The van der Waals surface area contributed by atoms with Gasteiger partial charge in [0.2, 0.25) is 0 Å². The van der Waals surface area contributed by atoms with E-state index in [0.29, 0.717) is 0 Å². The van der Waals surface area contributed by atoms with E-state index in [9.17, 15) is 10.2 Å². The summed E-state index contributed by atoms with van der Waals surface area (Å²) in [5.41, 5.74) is 2.64. The van der Waals surface area contributed by atoms with Crippen LogP contribution in [0.1, 0.15) is 12.5 Å². The Labute approximate surface area is 151 Å². The number of nitrogens with zero attached hydrogens (tertiary/aromatic N) is 2. The lowest BCUT2D eigenvalue weighted by Crippen LogP contribution is -2.24. The van der Waals surface area contributed by atoms with Gasteiger partial charge < -0.3 is 10.2 Å². The van der Waals surface area contributed by atoms with Gasteiger partial charge in [-0.25, -0.2) is 4.99 Å². The Morgan fingerprint density at radius 2 is 1.84 bits per heavy atom. The van der Waals surface area contributed by atoms with Crippen LogP contribution < -0.4 is 0 Å². The van der Waals surface area contributed by atoms with Gasteiger partial charge in [-0.1, -0.05) is 54.7 Å². The molecule has 0 saturated carbocycles. The van der Waals surface area contributed by atoms with E-state index < -0.39 is 0 Å². The molecule has 0 fully saturated rings. The molecule has 0 amide bonds. The van der Waals surface area contributed by atoms with Crippen molar-refractivity contribution in [3.05, 3.63) is 84.7 Å². The Bertz CT molecular complexity index is 886. The van der Waals surface area contributed by atoms with Crippen LogP contribution in [0, 0.1) is 0 Å². The molecule has 0 atom stereocenters. The number of aromatic hydroxyl groups is 2. The highest BCUT2D eigenvalue weighted by Crippen LogP contribution is 2.35. The third-order valence-corrected chi connectivity index (χ3v) is 4.52. The van der Waals surface area contributed by atoms with Crippen LogP contribution in [-0.2, 0) is 0 Å².